The first-order chi connectivity index (χ1) is 12.2. The van der Waals surface area contributed by atoms with Crippen LogP contribution < -0.4 is 0 Å². The molecule has 4 aliphatic rings. The van der Waals surface area contributed by atoms with Crippen molar-refractivity contribution in [2.75, 3.05) is 6.61 Å². The summed E-state index contributed by atoms with van der Waals surface area (Å²) in [5.74, 6) is 3.72. The van der Waals surface area contributed by atoms with E-state index in [0.717, 1.165) is 51.4 Å². The molecule has 0 aliphatic heterocycles. The molecule has 4 aliphatic carbocycles. The molecule has 0 aromatic carbocycles. The highest BCUT2D eigenvalue weighted by Gasteiger charge is 2.68. The quantitative estimate of drug-likeness (QED) is 0.539. The van der Waals surface area contributed by atoms with E-state index < -0.39 is 5.41 Å². The largest absolute Gasteiger partial charge is 0.452 e. The second-order valence-electron chi connectivity index (χ2n) is 10.4. The summed E-state index contributed by atoms with van der Waals surface area (Å²) in [6.45, 7) is 6.79. The summed E-state index contributed by atoms with van der Waals surface area (Å²) in [5, 5.41) is 0. The molecule has 26 heavy (non-hydrogen) atoms. The summed E-state index contributed by atoms with van der Waals surface area (Å²) in [6, 6.07) is 0. The Morgan fingerprint density at radius 2 is 1.88 bits per heavy atom. The average Bonchev–Trinajstić information content (AvgIpc) is 2.76. The Kier molecular flexibility index (Phi) is 3.89. The first-order valence-electron chi connectivity index (χ1n) is 10.3. The van der Waals surface area contributed by atoms with Gasteiger partial charge in [0.05, 0.1) is 5.41 Å². The summed E-state index contributed by atoms with van der Waals surface area (Å²) in [7, 11) is 0. The minimum atomic E-state index is -0.436. The van der Waals surface area contributed by atoms with Gasteiger partial charge in [-0.3, -0.25) is 9.59 Å². The zero-order valence-corrected chi connectivity index (χ0v) is 16.5. The molecule has 4 fully saturated rings. The predicted octanol–water partition coefficient (Wildman–Crippen LogP) is 4.53. The van der Waals surface area contributed by atoms with Crippen molar-refractivity contribution in [3.05, 3.63) is 0 Å². The predicted molar refractivity (Wildman–Crippen MR) is 100 cm³/mol. The molecule has 0 unspecified atom stereocenters. The Hall–Kier alpha value is -1.30. The van der Waals surface area contributed by atoms with Gasteiger partial charge in [0.15, 0.2) is 6.61 Å². The first kappa shape index (κ1) is 18.1. The van der Waals surface area contributed by atoms with E-state index in [9.17, 15) is 9.59 Å². The SMILES string of the molecule is C#CCOC(=O)[C@]1(C)CCC[C@@]2(C)[C@@H]3CC[C@@]4(C)C[C@]3(CC[C@@H]21)CC4=O. The van der Waals surface area contributed by atoms with Crippen LogP contribution in [0.1, 0.15) is 78.6 Å². The van der Waals surface area contributed by atoms with Crippen molar-refractivity contribution in [2.45, 2.75) is 78.6 Å². The maximum atomic E-state index is 12.9. The molecule has 0 amide bonds. The molecular formula is C23H32O3. The standard InChI is InChI=1S/C23H32O3/c1-5-13-26-19(25)22(4)10-6-9-21(3)16(22)8-12-23-14-18(24)20(2,15-23)11-7-17(21)23/h1,16-17H,6-15H2,2-4H3/t16-,17-,20-,21+,22+,23-/m0/s1. The van der Waals surface area contributed by atoms with E-state index in [-0.39, 0.29) is 28.8 Å². The number of hydrogen-bond acceptors (Lipinski definition) is 3. The normalized spacial score (nSPS) is 49.7. The van der Waals surface area contributed by atoms with E-state index in [1.54, 1.807) is 0 Å². The average molecular weight is 357 g/mol. The molecule has 3 nitrogen and oxygen atoms in total. The van der Waals surface area contributed by atoms with E-state index >= 15 is 0 Å². The van der Waals surface area contributed by atoms with Gasteiger partial charge < -0.3 is 4.74 Å². The number of Topliss-reactive ketones (excluding diaryl/α,β-unsaturated/α-hetero) is 1. The van der Waals surface area contributed by atoms with Crippen LogP contribution in [0.4, 0.5) is 0 Å². The van der Waals surface area contributed by atoms with Gasteiger partial charge in [-0.25, -0.2) is 0 Å². The summed E-state index contributed by atoms with van der Waals surface area (Å²) in [6.07, 6.45) is 14.6. The topological polar surface area (TPSA) is 43.4 Å². The van der Waals surface area contributed by atoms with Crippen molar-refractivity contribution in [1.82, 2.24) is 0 Å². The van der Waals surface area contributed by atoms with E-state index in [1.807, 2.05) is 0 Å². The first-order valence-corrected chi connectivity index (χ1v) is 10.3. The second-order valence-corrected chi connectivity index (χ2v) is 10.4. The summed E-state index contributed by atoms with van der Waals surface area (Å²) >= 11 is 0. The lowest BCUT2D eigenvalue weighted by atomic mass is 9.40. The van der Waals surface area contributed by atoms with Crippen molar-refractivity contribution >= 4 is 11.8 Å². The molecule has 0 saturated heterocycles. The fourth-order valence-electron chi connectivity index (χ4n) is 8.02. The molecule has 0 N–H and O–H groups in total. The van der Waals surface area contributed by atoms with Crippen molar-refractivity contribution in [3.8, 4) is 12.3 Å². The highest BCUT2D eigenvalue weighted by atomic mass is 16.5. The maximum Gasteiger partial charge on any atom is 0.313 e. The number of hydrogen-bond donors (Lipinski definition) is 0. The van der Waals surface area contributed by atoms with Gasteiger partial charge in [-0.2, -0.15) is 0 Å². The molecule has 1 spiro atoms. The summed E-state index contributed by atoms with van der Waals surface area (Å²) < 4.78 is 5.43. The maximum absolute atomic E-state index is 12.9. The van der Waals surface area contributed by atoms with Crippen LogP contribution in [0.25, 0.3) is 0 Å². The number of carbonyl (C=O) groups is 2. The number of ketones is 1. The van der Waals surface area contributed by atoms with Gasteiger partial charge in [0.25, 0.3) is 0 Å². The third-order valence-electron chi connectivity index (χ3n) is 9.11. The molecule has 142 valence electrons. The van der Waals surface area contributed by atoms with Crippen LogP contribution in [0.15, 0.2) is 0 Å². The molecule has 3 heteroatoms. The highest BCUT2D eigenvalue weighted by molar-refractivity contribution is 5.88. The zero-order valence-electron chi connectivity index (χ0n) is 16.5. The molecule has 4 saturated carbocycles. The van der Waals surface area contributed by atoms with Crippen LogP contribution in [-0.4, -0.2) is 18.4 Å². The number of esters is 1. The molecular weight excluding hydrogens is 324 g/mol. The molecule has 6 atom stereocenters. The van der Waals surface area contributed by atoms with Gasteiger partial charge >= 0.3 is 5.97 Å². The third-order valence-corrected chi connectivity index (χ3v) is 9.11. The Morgan fingerprint density at radius 1 is 1.15 bits per heavy atom. The van der Waals surface area contributed by atoms with Crippen LogP contribution in [-0.2, 0) is 14.3 Å². The van der Waals surface area contributed by atoms with Gasteiger partial charge in [-0.15, -0.1) is 6.42 Å². The number of ether oxygens (including phenoxy) is 1. The monoisotopic (exact) mass is 356 g/mol. The lowest BCUT2D eigenvalue weighted by Gasteiger charge is -2.63. The van der Waals surface area contributed by atoms with Crippen LogP contribution in [0.5, 0.6) is 0 Å². The van der Waals surface area contributed by atoms with E-state index in [0.29, 0.717) is 17.6 Å². The van der Waals surface area contributed by atoms with Gasteiger partial charge in [0.1, 0.15) is 5.78 Å². The fraction of sp³-hybridized carbons (Fsp3) is 0.826. The van der Waals surface area contributed by atoms with Gasteiger partial charge in [-0.1, -0.05) is 26.2 Å². The lowest BCUT2D eigenvalue weighted by molar-refractivity contribution is -0.186. The smallest absolute Gasteiger partial charge is 0.313 e. The van der Waals surface area contributed by atoms with Gasteiger partial charge in [0, 0.05) is 11.8 Å². The van der Waals surface area contributed by atoms with Crippen molar-refractivity contribution < 1.29 is 14.3 Å². The van der Waals surface area contributed by atoms with E-state index in [4.69, 9.17) is 11.2 Å². The fourth-order valence-corrected chi connectivity index (χ4v) is 8.02. The van der Waals surface area contributed by atoms with Crippen LogP contribution in [0.3, 0.4) is 0 Å². The molecule has 0 aromatic rings. The Labute approximate surface area is 157 Å². The van der Waals surface area contributed by atoms with Crippen molar-refractivity contribution in [1.29, 1.82) is 0 Å². The highest BCUT2D eigenvalue weighted by Crippen LogP contribution is 2.73. The Morgan fingerprint density at radius 3 is 2.62 bits per heavy atom. The number of rotatable bonds is 2. The van der Waals surface area contributed by atoms with Crippen LogP contribution >= 0.6 is 0 Å². The molecule has 0 aromatic heterocycles. The zero-order chi connectivity index (χ0) is 18.8. The van der Waals surface area contributed by atoms with Crippen molar-refractivity contribution in [3.63, 3.8) is 0 Å². The molecule has 0 heterocycles. The number of terminal acetylenes is 1. The molecule has 2 bridgehead atoms. The Balaban J connectivity index is 1.68. The van der Waals surface area contributed by atoms with Crippen LogP contribution in [0, 0.1) is 45.8 Å². The summed E-state index contributed by atoms with van der Waals surface area (Å²) in [5.41, 5.74) is -0.194. The minimum Gasteiger partial charge on any atom is -0.452 e. The van der Waals surface area contributed by atoms with E-state index in [2.05, 4.69) is 26.7 Å². The van der Waals surface area contributed by atoms with E-state index in [1.165, 1.54) is 6.42 Å². The third kappa shape index (κ3) is 2.20. The summed E-state index contributed by atoms with van der Waals surface area (Å²) in [4.78, 5) is 25.7. The second kappa shape index (κ2) is 5.60. The lowest BCUT2D eigenvalue weighted by Crippen LogP contribution is -2.58. The number of fused-ring (bicyclic) bond motifs is 3. The molecule has 4 rings (SSSR count). The Bertz CT molecular complexity index is 690. The number of carbonyl (C=O) groups excluding carboxylic acids is 2. The van der Waals surface area contributed by atoms with Crippen molar-refractivity contribution in [2.24, 2.45) is 33.5 Å². The molecule has 0 radical (unpaired) electrons. The minimum absolute atomic E-state index is 0.0675. The van der Waals surface area contributed by atoms with Gasteiger partial charge in [-0.05, 0) is 74.5 Å². The van der Waals surface area contributed by atoms with Crippen LogP contribution in [0.2, 0.25) is 0 Å². The van der Waals surface area contributed by atoms with Gasteiger partial charge in [0.2, 0.25) is 0 Å².